The summed E-state index contributed by atoms with van der Waals surface area (Å²) in [4.78, 5) is 10.7. The number of hydrogen-bond donors (Lipinski definition) is 2. The smallest absolute Gasteiger partial charge is 0.407 e. The van der Waals surface area contributed by atoms with Crippen molar-refractivity contribution >= 4 is 6.09 Å². The third kappa shape index (κ3) is 2.76. The normalized spacial score (nSPS) is 19.4. The first-order chi connectivity index (χ1) is 5.33. The van der Waals surface area contributed by atoms with Crippen molar-refractivity contribution in [3.63, 3.8) is 0 Å². The molecule has 0 aliphatic carbocycles. The van der Waals surface area contributed by atoms with Gasteiger partial charge in [0.25, 0.3) is 0 Å². The minimum absolute atomic E-state index is 0.295. The second-order valence-electron chi connectivity index (χ2n) is 2.66. The van der Waals surface area contributed by atoms with Crippen molar-refractivity contribution in [2.75, 3.05) is 20.2 Å². The Morgan fingerprint density at radius 1 is 1.55 bits per heavy atom. The summed E-state index contributed by atoms with van der Waals surface area (Å²) in [5, 5.41) is 5.98. The van der Waals surface area contributed by atoms with E-state index in [-0.39, 0.29) is 6.09 Å². The van der Waals surface area contributed by atoms with Crippen LogP contribution in [0, 0.1) is 0 Å². The fourth-order valence-electron chi connectivity index (χ4n) is 1.19. The van der Waals surface area contributed by atoms with Crippen LogP contribution in [0.3, 0.4) is 0 Å². The third-order valence-electron chi connectivity index (χ3n) is 1.85. The zero-order chi connectivity index (χ0) is 8.10. The summed E-state index contributed by atoms with van der Waals surface area (Å²) < 4.78 is 4.48. The Morgan fingerprint density at radius 2 is 2.18 bits per heavy atom. The number of piperidine rings is 1. The van der Waals surface area contributed by atoms with Crippen LogP contribution in [0.1, 0.15) is 12.8 Å². The van der Waals surface area contributed by atoms with E-state index in [1.807, 2.05) is 0 Å². The number of amides is 1. The number of carbonyl (C=O) groups is 1. The molecule has 1 fully saturated rings. The summed E-state index contributed by atoms with van der Waals surface area (Å²) in [7, 11) is 1.39. The Kier molecular flexibility index (Phi) is 3.16. The van der Waals surface area contributed by atoms with Gasteiger partial charge >= 0.3 is 6.09 Å². The summed E-state index contributed by atoms with van der Waals surface area (Å²) in [5.41, 5.74) is 0. The summed E-state index contributed by atoms with van der Waals surface area (Å²) in [6.45, 7) is 1.96. The Balaban J connectivity index is 2.19. The van der Waals surface area contributed by atoms with Gasteiger partial charge in [-0.2, -0.15) is 0 Å². The quantitative estimate of drug-likeness (QED) is 0.569. The lowest BCUT2D eigenvalue weighted by atomic mass is 10.1. The van der Waals surface area contributed by atoms with Crippen molar-refractivity contribution in [2.24, 2.45) is 0 Å². The van der Waals surface area contributed by atoms with Crippen LogP contribution in [0.25, 0.3) is 0 Å². The minimum Gasteiger partial charge on any atom is -0.453 e. The van der Waals surface area contributed by atoms with Crippen LogP contribution in [0.15, 0.2) is 0 Å². The molecule has 64 valence electrons. The molecular formula is C7H14N2O2. The van der Waals surface area contributed by atoms with E-state index < -0.39 is 0 Å². The molecule has 0 spiro atoms. The van der Waals surface area contributed by atoms with E-state index in [0.29, 0.717) is 6.04 Å². The fraction of sp³-hybridized carbons (Fsp3) is 0.857. The first-order valence-corrected chi connectivity index (χ1v) is 3.88. The average molecular weight is 158 g/mol. The fourth-order valence-corrected chi connectivity index (χ4v) is 1.19. The molecule has 1 saturated heterocycles. The highest BCUT2D eigenvalue weighted by Crippen LogP contribution is 2.01. The van der Waals surface area contributed by atoms with Crippen molar-refractivity contribution in [3.8, 4) is 0 Å². The maximum Gasteiger partial charge on any atom is 0.407 e. The lowest BCUT2D eigenvalue weighted by Gasteiger charge is -2.22. The van der Waals surface area contributed by atoms with Crippen LogP contribution < -0.4 is 10.6 Å². The van der Waals surface area contributed by atoms with E-state index >= 15 is 0 Å². The SMILES string of the molecule is COC(=O)NC1CCNCC1. The monoisotopic (exact) mass is 158 g/mol. The highest BCUT2D eigenvalue weighted by molar-refractivity contribution is 5.67. The van der Waals surface area contributed by atoms with E-state index in [1.165, 1.54) is 7.11 Å². The van der Waals surface area contributed by atoms with Gasteiger partial charge in [0.15, 0.2) is 0 Å². The Bertz CT molecular complexity index is 132. The molecule has 0 atom stereocenters. The van der Waals surface area contributed by atoms with E-state index in [2.05, 4.69) is 15.4 Å². The predicted molar refractivity (Wildman–Crippen MR) is 41.4 cm³/mol. The van der Waals surface area contributed by atoms with Crippen molar-refractivity contribution in [1.29, 1.82) is 0 Å². The molecule has 4 nitrogen and oxygen atoms in total. The van der Waals surface area contributed by atoms with Gasteiger partial charge in [-0.3, -0.25) is 0 Å². The first kappa shape index (κ1) is 8.33. The van der Waals surface area contributed by atoms with E-state index in [9.17, 15) is 4.79 Å². The van der Waals surface area contributed by atoms with Crippen LogP contribution in [0.2, 0.25) is 0 Å². The van der Waals surface area contributed by atoms with Crippen LogP contribution in [-0.4, -0.2) is 32.3 Å². The van der Waals surface area contributed by atoms with Crippen molar-refractivity contribution in [1.82, 2.24) is 10.6 Å². The second kappa shape index (κ2) is 4.18. The van der Waals surface area contributed by atoms with Gasteiger partial charge in [0.1, 0.15) is 0 Å². The van der Waals surface area contributed by atoms with Gasteiger partial charge in [-0.15, -0.1) is 0 Å². The molecule has 0 bridgehead atoms. The maximum absolute atomic E-state index is 10.7. The number of ether oxygens (including phenoxy) is 1. The molecule has 1 heterocycles. The lowest BCUT2D eigenvalue weighted by molar-refractivity contribution is 0.164. The topological polar surface area (TPSA) is 50.4 Å². The van der Waals surface area contributed by atoms with Gasteiger partial charge in [-0.05, 0) is 25.9 Å². The van der Waals surface area contributed by atoms with Gasteiger partial charge < -0.3 is 15.4 Å². The summed E-state index contributed by atoms with van der Waals surface area (Å²) in [6, 6.07) is 0.295. The molecule has 1 amide bonds. The van der Waals surface area contributed by atoms with Gasteiger partial charge in [0.05, 0.1) is 7.11 Å². The molecule has 11 heavy (non-hydrogen) atoms. The molecule has 0 aromatic heterocycles. The molecule has 0 unspecified atom stereocenters. The van der Waals surface area contributed by atoms with Crippen molar-refractivity contribution < 1.29 is 9.53 Å². The van der Waals surface area contributed by atoms with E-state index in [1.54, 1.807) is 0 Å². The molecule has 2 N–H and O–H groups in total. The molecule has 0 aromatic carbocycles. The molecule has 0 radical (unpaired) electrons. The Hall–Kier alpha value is -0.770. The number of hydrogen-bond acceptors (Lipinski definition) is 3. The minimum atomic E-state index is -0.322. The zero-order valence-corrected chi connectivity index (χ0v) is 6.72. The molecular weight excluding hydrogens is 144 g/mol. The number of alkyl carbamates (subject to hydrolysis) is 1. The highest BCUT2D eigenvalue weighted by atomic mass is 16.5. The summed E-state index contributed by atoms with van der Waals surface area (Å²) >= 11 is 0. The molecule has 0 aromatic rings. The molecule has 1 aliphatic rings. The van der Waals surface area contributed by atoms with Crippen LogP contribution in [-0.2, 0) is 4.74 Å². The summed E-state index contributed by atoms with van der Waals surface area (Å²) in [6.07, 6.45) is 1.67. The average Bonchev–Trinajstić information content (AvgIpc) is 2.06. The largest absolute Gasteiger partial charge is 0.453 e. The van der Waals surface area contributed by atoms with Crippen LogP contribution in [0.4, 0.5) is 4.79 Å². The van der Waals surface area contributed by atoms with Gasteiger partial charge in [0.2, 0.25) is 0 Å². The molecule has 1 rings (SSSR count). The van der Waals surface area contributed by atoms with Gasteiger partial charge in [0, 0.05) is 6.04 Å². The number of nitrogens with one attached hydrogen (secondary N) is 2. The van der Waals surface area contributed by atoms with Crippen LogP contribution >= 0.6 is 0 Å². The summed E-state index contributed by atoms with van der Waals surface area (Å²) in [5.74, 6) is 0. The zero-order valence-electron chi connectivity index (χ0n) is 6.72. The predicted octanol–water partition coefficient (Wildman–Crippen LogP) is 0.0944. The second-order valence-corrected chi connectivity index (χ2v) is 2.66. The highest BCUT2D eigenvalue weighted by Gasteiger charge is 2.14. The maximum atomic E-state index is 10.7. The Morgan fingerprint density at radius 3 is 2.73 bits per heavy atom. The molecule has 0 saturated carbocycles. The third-order valence-corrected chi connectivity index (χ3v) is 1.85. The Labute approximate surface area is 66.3 Å². The van der Waals surface area contributed by atoms with Crippen LogP contribution in [0.5, 0.6) is 0 Å². The number of carbonyl (C=O) groups excluding carboxylic acids is 1. The van der Waals surface area contributed by atoms with Crippen molar-refractivity contribution in [2.45, 2.75) is 18.9 Å². The van der Waals surface area contributed by atoms with Gasteiger partial charge in [-0.1, -0.05) is 0 Å². The lowest BCUT2D eigenvalue weighted by Crippen LogP contribution is -2.42. The number of rotatable bonds is 1. The number of methoxy groups -OCH3 is 1. The standard InChI is InChI=1S/C7H14N2O2/c1-11-7(10)9-6-2-4-8-5-3-6/h6,8H,2-5H2,1H3,(H,9,10). The molecule has 4 heteroatoms. The molecule has 1 aliphatic heterocycles. The first-order valence-electron chi connectivity index (χ1n) is 3.88. The van der Waals surface area contributed by atoms with E-state index in [4.69, 9.17) is 0 Å². The van der Waals surface area contributed by atoms with E-state index in [0.717, 1.165) is 25.9 Å². The van der Waals surface area contributed by atoms with Gasteiger partial charge in [-0.25, -0.2) is 4.79 Å². The van der Waals surface area contributed by atoms with Crippen molar-refractivity contribution in [3.05, 3.63) is 0 Å².